The van der Waals surface area contributed by atoms with Crippen molar-refractivity contribution in [2.45, 2.75) is 154 Å². The van der Waals surface area contributed by atoms with Gasteiger partial charge in [0.25, 0.3) is 0 Å². The van der Waals surface area contributed by atoms with Crippen molar-refractivity contribution < 1.29 is 81.7 Å². The van der Waals surface area contributed by atoms with Gasteiger partial charge in [-0.2, -0.15) is 0 Å². The van der Waals surface area contributed by atoms with Crippen molar-refractivity contribution in [3.05, 3.63) is 0 Å². The SMILES string of the molecule is O=C([O-])CCCCCCCO.O=C([O-])CCCCCCCO.O=C([O-])CCCCCCCO.O=C([O-])CCCCCCCO.[Ti+4]. The van der Waals surface area contributed by atoms with Crippen LogP contribution in [0, 0.1) is 0 Å². The van der Waals surface area contributed by atoms with Crippen molar-refractivity contribution in [3.8, 4) is 0 Å². The molecule has 0 aliphatic carbocycles. The molecule has 0 aromatic rings. The van der Waals surface area contributed by atoms with Gasteiger partial charge in [0.1, 0.15) is 0 Å². The zero-order valence-electron chi connectivity index (χ0n) is 27.4. The number of unbranched alkanes of at least 4 members (excludes halogenated alkanes) is 16. The van der Waals surface area contributed by atoms with E-state index in [0.29, 0.717) is 25.7 Å². The van der Waals surface area contributed by atoms with Crippen molar-refractivity contribution in [1.82, 2.24) is 0 Å². The van der Waals surface area contributed by atoms with Crippen molar-refractivity contribution >= 4 is 23.9 Å². The molecule has 45 heavy (non-hydrogen) atoms. The van der Waals surface area contributed by atoms with Crippen molar-refractivity contribution in [2.24, 2.45) is 0 Å². The van der Waals surface area contributed by atoms with Gasteiger partial charge < -0.3 is 60.0 Å². The Morgan fingerprint density at radius 3 is 0.556 bits per heavy atom. The fourth-order valence-corrected chi connectivity index (χ4v) is 3.65. The van der Waals surface area contributed by atoms with E-state index < -0.39 is 23.9 Å². The number of hydrogen-bond donors (Lipinski definition) is 4. The zero-order chi connectivity index (χ0) is 34.1. The van der Waals surface area contributed by atoms with Crippen LogP contribution in [0.5, 0.6) is 0 Å². The summed E-state index contributed by atoms with van der Waals surface area (Å²) in [6, 6.07) is 0. The van der Waals surface area contributed by atoms with Crippen LogP contribution in [0.4, 0.5) is 0 Å². The molecule has 12 nitrogen and oxygen atoms in total. The molecule has 264 valence electrons. The van der Waals surface area contributed by atoms with Crippen molar-refractivity contribution in [1.29, 1.82) is 0 Å². The summed E-state index contributed by atoms with van der Waals surface area (Å²) in [5.41, 5.74) is 0. The van der Waals surface area contributed by atoms with E-state index in [1.165, 1.54) is 0 Å². The molecule has 0 aliphatic heterocycles. The number of aliphatic hydroxyl groups excluding tert-OH is 4. The van der Waals surface area contributed by atoms with Crippen LogP contribution in [0.15, 0.2) is 0 Å². The second kappa shape index (κ2) is 49.3. The Morgan fingerprint density at radius 2 is 0.422 bits per heavy atom. The smallest absolute Gasteiger partial charge is 0.550 e. The Morgan fingerprint density at radius 1 is 0.289 bits per heavy atom. The van der Waals surface area contributed by atoms with Crippen LogP contribution < -0.4 is 20.4 Å². The molecule has 0 saturated carbocycles. The number of carboxylic acid groups (broad SMARTS) is 4. The maximum Gasteiger partial charge on any atom is 4.00 e. The molecule has 0 heterocycles. The second-order valence-electron chi connectivity index (χ2n) is 10.5. The van der Waals surface area contributed by atoms with E-state index in [4.69, 9.17) is 20.4 Å². The number of carboxylic acids is 4. The minimum absolute atomic E-state index is 0. The zero-order valence-corrected chi connectivity index (χ0v) is 28.9. The molecule has 0 bridgehead atoms. The largest absolute Gasteiger partial charge is 4.00 e. The Hall–Kier alpha value is -1.57. The molecule has 4 N–H and O–H groups in total. The first kappa shape index (κ1) is 52.9. The molecule has 0 rings (SSSR count). The molecular formula is C32H60O12Ti. The monoisotopic (exact) mass is 684 g/mol. The topological polar surface area (TPSA) is 241 Å². The van der Waals surface area contributed by atoms with Gasteiger partial charge in [0, 0.05) is 50.3 Å². The van der Waals surface area contributed by atoms with E-state index >= 15 is 0 Å². The van der Waals surface area contributed by atoms with Crippen LogP contribution in [0.1, 0.15) is 154 Å². The first-order chi connectivity index (χ1) is 21.1. The predicted octanol–water partition coefficient (Wildman–Crippen LogP) is 0.274. The quantitative estimate of drug-likeness (QED) is 0.0642. The first-order valence-electron chi connectivity index (χ1n) is 16.3. The van der Waals surface area contributed by atoms with Gasteiger partial charge in [-0.05, 0) is 77.0 Å². The van der Waals surface area contributed by atoms with Crippen LogP contribution in [-0.2, 0) is 40.9 Å². The van der Waals surface area contributed by atoms with Crippen LogP contribution in [-0.4, -0.2) is 70.7 Å². The summed E-state index contributed by atoms with van der Waals surface area (Å²) in [4.78, 5) is 39.7. The Balaban J connectivity index is -0.000000157. The Kier molecular flexibility index (Phi) is 58.0. The molecule has 13 heteroatoms. The number of aliphatic carboxylic acids is 4. The third kappa shape index (κ3) is 74.9. The standard InChI is InChI=1S/4C8H16O3.Ti/c4*9-7-5-3-1-2-4-6-8(10)11;/h4*9H,1-7H2,(H,10,11);/q;;;;+4/p-4. The summed E-state index contributed by atoms with van der Waals surface area (Å²) in [7, 11) is 0. The molecule has 0 atom stereocenters. The summed E-state index contributed by atoms with van der Waals surface area (Å²) >= 11 is 0. The first-order valence-corrected chi connectivity index (χ1v) is 16.3. The summed E-state index contributed by atoms with van der Waals surface area (Å²) in [5, 5.41) is 73.4. The molecule has 0 spiro atoms. The normalized spacial score (nSPS) is 9.69. The number of rotatable bonds is 28. The van der Waals surface area contributed by atoms with E-state index in [-0.39, 0.29) is 73.8 Å². The van der Waals surface area contributed by atoms with Gasteiger partial charge in [-0.15, -0.1) is 0 Å². The molecule has 0 radical (unpaired) electrons. The van der Waals surface area contributed by atoms with Crippen LogP contribution in [0.3, 0.4) is 0 Å². The second-order valence-corrected chi connectivity index (χ2v) is 10.5. The average molecular weight is 685 g/mol. The predicted molar refractivity (Wildman–Crippen MR) is 159 cm³/mol. The van der Waals surface area contributed by atoms with E-state index in [1.54, 1.807) is 0 Å². The molecule has 0 aromatic heterocycles. The van der Waals surface area contributed by atoms with E-state index in [0.717, 1.165) is 103 Å². The van der Waals surface area contributed by atoms with E-state index in [1.807, 2.05) is 0 Å². The van der Waals surface area contributed by atoms with Gasteiger partial charge in [-0.1, -0.05) is 77.0 Å². The van der Waals surface area contributed by atoms with Gasteiger partial charge >= 0.3 is 21.7 Å². The average Bonchev–Trinajstić information content (AvgIpc) is 2.97. The molecule has 0 aromatic carbocycles. The third-order valence-electron chi connectivity index (χ3n) is 6.16. The summed E-state index contributed by atoms with van der Waals surface area (Å²) in [5.74, 6) is -3.86. The number of carbonyl (C=O) groups excluding carboxylic acids is 4. The van der Waals surface area contributed by atoms with Gasteiger partial charge in [0.05, 0.1) is 0 Å². The van der Waals surface area contributed by atoms with Gasteiger partial charge in [0.15, 0.2) is 0 Å². The van der Waals surface area contributed by atoms with E-state index in [9.17, 15) is 39.6 Å². The van der Waals surface area contributed by atoms with Crippen molar-refractivity contribution in [2.75, 3.05) is 26.4 Å². The molecule has 0 saturated heterocycles. The number of hydrogen-bond acceptors (Lipinski definition) is 12. The molecular weight excluding hydrogens is 624 g/mol. The maximum absolute atomic E-state index is 9.94. The van der Waals surface area contributed by atoms with Crippen LogP contribution >= 0.6 is 0 Å². The van der Waals surface area contributed by atoms with Gasteiger partial charge in [-0.3, -0.25) is 0 Å². The Labute approximate surface area is 285 Å². The van der Waals surface area contributed by atoms with Crippen LogP contribution in [0.25, 0.3) is 0 Å². The minimum Gasteiger partial charge on any atom is -0.550 e. The van der Waals surface area contributed by atoms with Gasteiger partial charge in [-0.25, -0.2) is 0 Å². The number of aliphatic hydroxyl groups is 4. The van der Waals surface area contributed by atoms with Gasteiger partial charge in [0.2, 0.25) is 0 Å². The van der Waals surface area contributed by atoms with Crippen LogP contribution in [0.2, 0.25) is 0 Å². The number of carbonyl (C=O) groups is 4. The fraction of sp³-hybridized carbons (Fsp3) is 0.875. The Bertz CT molecular complexity index is 517. The summed E-state index contributed by atoms with van der Waals surface area (Å²) in [6.45, 7) is 0.946. The summed E-state index contributed by atoms with van der Waals surface area (Å²) in [6.07, 6.45) is 18.5. The molecule has 0 amide bonds. The molecule has 0 fully saturated rings. The third-order valence-corrected chi connectivity index (χ3v) is 6.16. The van der Waals surface area contributed by atoms with Crippen molar-refractivity contribution in [3.63, 3.8) is 0 Å². The summed E-state index contributed by atoms with van der Waals surface area (Å²) < 4.78 is 0. The van der Waals surface area contributed by atoms with E-state index in [2.05, 4.69) is 0 Å². The fourth-order valence-electron chi connectivity index (χ4n) is 3.65. The maximum atomic E-state index is 9.94. The minimum atomic E-state index is -0.966. The molecule has 0 aliphatic rings. The molecule has 0 unspecified atom stereocenters.